The number of hydrogen-bond donors (Lipinski definition) is 3. The lowest BCUT2D eigenvalue weighted by Gasteiger charge is -2.28. The first-order valence-corrected chi connectivity index (χ1v) is 6.86. The molecule has 6 heteroatoms. The standard InChI is InChI=1S/C15H19FN2O3/c1-9(20)17-11-5-6-13(16)12(7-11)14(21)18-15(2,8-19)10-3-4-10/h5-7,10,19H,3-4,8H2,1-2H3,(H,17,20)(H,18,21). The molecule has 0 bridgehead atoms. The molecule has 1 aliphatic rings. The highest BCUT2D eigenvalue weighted by Crippen LogP contribution is 2.39. The van der Waals surface area contributed by atoms with Crippen LogP contribution in [0.3, 0.4) is 0 Å². The van der Waals surface area contributed by atoms with E-state index in [2.05, 4.69) is 10.6 Å². The molecule has 2 amide bonds. The van der Waals surface area contributed by atoms with Crippen LogP contribution in [0.1, 0.15) is 37.0 Å². The highest BCUT2D eigenvalue weighted by atomic mass is 19.1. The molecule has 1 aromatic rings. The van der Waals surface area contributed by atoms with Crippen LogP contribution in [0.4, 0.5) is 10.1 Å². The molecular formula is C15H19FN2O3. The van der Waals surface area contributed by atoms with Crippen molar-refractivity contribution in [2.45, 2.75) is 32.2 Å². The predicted molar refractivity (Wildman–Crippen MR) is 76.4 cm³/mol. The number of benzene rings is 1. The largest absolute Gasteiger partial charge is 0.394 e. The van der Waals surface area contributed by atoms with Crippen LogP contribution in [0.15, 0.2) is 18.2 Å². The molecular weight excluding hydrogens is 275 g/mol. The van der Waals surface area contributed by atoms with Crippen molar-refractivity contribution in [3.05, 3.63) is 29.6 Å². The Morgan fingerprint density at radius 3 is 2.62 bits per heavy atom. The minimum Gasteiger partial charge on any atom is -0.394 e. The summed E-state index contributed by atoms with van der Waals surface area (Å²) < 4.78 is 13.8. The number of aliphatic hydroxyl groups is 1. The Kier molecular flexibility index (Phi) is 4.27. The maximum Gasteiger partial charge on any atom is 0.254 e. The van der Waals surface area contributed by atoms with Gasteiger partial charge in [-0.15, -0.1) is 0 Å². The minimum atomic E-state index is -0.743. The number of amides is 2. The van der Waals surface area contributed by atoms with Gasteiger partial charge < -0.3 is 15.7 Å². The van der Waals surface area contributed by atoms with Crippen LogP contribution in [0.5, 0.6) is 0 Å². The average molecular weight is 294 g/mol. The fourth-order valence-electron chi connectivity index (χ4n) is 2.30. The number of nitrogens with one attached hydrogen (secondary N) is 2. The smallest absolute Gasteiger partial charge is 0.254 e. The van der Waals surface area contributed by atoms with Crippen molar-refractivity contribution < 1.29 is 19.1 Å². The van der Waals surface area contributed by atoms with Crippen molar-refractivity contribution in [1.29, 1.82) is 0 Å². The van der Waals surface area contributed by atoms with E-state index in [9.17, 15) is 19.1 Å². The Balaban J connectivity index is 2.19. The topological polar surface area (TPSA) is 78.4 Å². The van der Waals surface area contributed by atoms with Crippen LogP contribution < -0.4 is 10.6 Å². The number of anilines is 1. The molecule has 1 aromatic carbocycles. The molecule has 2 rings (SSSR count). The van der Waals surface area contributed by atoms with Crippen LogP contribution in [0, 0.1) is 11.7 Å². The predicted octanol–water partition coefficient (Wildman–Crippen LogP) is 1.67. The SMILES string of the molecule is CC(=O)Nc1ccc(F)c(C(=O)NC(C)(CO)C2CC2)c1. The van der Waals surface area contributed by atoms with Gasteiger partial charge in [-0.05, 0) is 43.9 Å². The minimum absolute atomic E-state index is 0.151. The number of carbonyl (C=O) groups excluding carboxylic acids is 2. The van der Waals surface area contributed by atoms with Crippen LogP contribution in [0.25, 0.3) is 0 Å². The molecule has 3 N–H and O–H groups in total. The van der Waals surface area contributed by atoms with Gasteiger partial charge in [0.05, 0.1) is 17.7 Å². The molecule has 1 atom stereocenters. The molecule has 0 radical (unpaired) electrons. The van der Waals surface area contributed by atoms with Gasteiger partial charge in [0, 0.05) is 12.6 Å². The summed E-state index contributed by atoms with van der Waals surface area (Å²) in [5, 5.41) is 14.7. The van der Waals surface area contributed by atoms with Crippen molar-refractivity contribution in [3.8, 4) is 0 Å². The summed E-state index contributed by atoms with van der Waals surface area (Å²) >= 11 is 0. The molecule has 1 fully saturated rings. The third-order valence-corrected chi connectivity index (χ3v) is 3.74. The highest BCUT2D eigenvalue weighted by Gasteiger charge is 2.42. The molecule has 0 heterocycles. The third-order valence-electron chi connectivity index (χ3n) is 3.74. The monoisotopic (exact) mass is 294 g/mol. The number of carbonyl (C=O) groups is 2. The summed E-state index contributed by atoms with van der Waals surface area (Å²) in [6, 6.07) is 3.81. The lowest BCUT2D eigenvalue weighted by atomic mass is 9.96. The summed E-state index contributed by atoms with van der Waals surface area (Å²) in [6.45, 7) is 2.88. The second kappa shape index (κ2) is 5.81. The van der Waals surface area contributed by atoms with Crippen LogP contribution in [0.2, 0.25) is 0 Å². The summed E-state index contributed by atoms with van der Waals surface area (Å²) in [4.78, 5) is 23.2. The van der Waals surface area contributed by atoms with E-state index < -0.39 is 17.3 Å². The molecule has 5 nitrogen and oxygen atoms in total. The van der Waals surface area contributed by atoms with Gasteiger partial charge in [-0.25, -0.2) is 4.39 Å². The Labute approximate surface area is 122 Å². The van der Waals surface area contributed by atoms with Crippen LogP contribution >= 0.6 is 0 Å². The summed E-state index contributed by atoms with van der Waals surface area (Å²) in [6.07, 6.45) is 1.87. The average Bonchev–Trinajstić information content (AvgIpc) is 3.25. The van der Waals surface area contributed by atoms with Crippen LogP contribution in [-0.4, -0.2) is 29.1 Å². The quantitative estimate of drug-likeness (QED) is 0.773. The van der Waals surface area contributed by atoms with Crippen molar-refractivity contribution in [2.75, 3.05) is 11.9 Å². The first-order valence-electron chi connectivity index (χ1n) is 6.86. The van der Waals surface area contributed by atoms with Gasteiger partial charge in [0.2, 0.25) is 5.91 Å². The number of aliphatic hydroxyl groups excluding tert-OH is 1. The van der Waals surface area contributed by atoms with Crippen molar-refractivity contribution >= 4 is 17.5 Å². The summed E-state index contributed by atoms with van der Waals surface area (Å²) in [5.41, 5.74) is -0.541. The summed E-state index contributed by atoms with van der Waals surface area (Å²) in [7, 11) is 0. The normalized spacial score (nSPS) is 17.0. The number of hydrogen-bond acceptors (Lipinski definition) is 3. The fourth-order valence-corrected chi connectivity index (χ4v) is 2.30. The first kappa shape index (κ1) is 15.4. The second-order valence-electron chi connectivity index (χ2n) is 5.68. The Morgan fingerprint density at radius 1 is 1.43 bits per heavy atom. The highest BCUT2D eigenvalue weighted by molar-refractivity contribution is 5.97. The van der Waals surface area contributed by atoms with E-state index in [1.54, 1.807) is 6.92 Å². The number of halogens is 1. The van der Waals surface area contributed by atoms with E-state index in [4.69, 9.17) is 0 Å². The molecule has 21 heavy (non-hydrogen) atoms. The fraction of sp³-hybridized carbons (Fsp3) is 0.467. The molecule has 114 valence electrons. The molecule has 0 aliphatic heterocycles. The van der Waals surface area contributed by atoms with Crippen molar-refractivity contribution in [1.82, 2.24) is 5.32 Å². The zero-order valence-corrected chi connectivity index (χ0v) is 12.1. The molecule has 1 aliphatic carbocycles. The molecule has 1 unspecified atom stereocenters. The first-order chi connectivity index (χ1) is 9.85. The zero-order valence-electron chi connectivity index (χ0n) is 12.1. The van der Waals surface area contributed by atoms with E-state index in [-0.39, 0.29) is 24.0 Å². The van der Waals surface area contributed by atoms with E-state index in [0.29, 0.717) is 5.69 Å². The Morgan fingerprint density at radius 2 is 2.10 bits per heavy atom. The van der Waals surface area contributed by atoms with Gasteiger partial charge in [0.15, 0.2) is 0 Å². The van der Waals surface area contributed by atoms with Gasteiger partial charge in [-0.3, -0.25) is 9.59 Å². The van der Waals surface area contributed by atoms with Crippen molar-refractivity contribution in [2.24, 2.45) is 5.92 Å². The molecule has 0 spiro atoms. The lowest BCUT2D eigenvalue weighted by molar-refractivity contribution is -0.114. The third kappa shape index (κ3) is 3.58. The second-order valence-corrected chi connectivity index (χ2v) is 5.68. The molecule has 0 aromatic heterocycles. The Hall–Kier alpha value is -1.95. The van der Waals surface area contributed by atoms with Gasteiger partial charge in [0.1, 0.15) is 5.82 Å². The van der Waals surface area contributed by atoms with E-state index in [1.807, 2.05) is 0 Å². The van der Waals surface area contributed by atoms with Gasteiger partial charge in [-0.1, -0.05) is 0 Å². The zero-order chi connectivity index (χ0) is 15.6. The van der Waals surface area contributed by atoms with E-state index in [0.717, 1.165) is 18.9 Å². The maximum absolute atomic E-state index is 13.8. The van der Waals surface area contributed by atoms with Gasteiger partial charge >= 0.3 is 0 Å². The maximum atomic E-state index is 13.8. The summed E-state index contributed by atoms with van der Waals surface area (Å²) in [5.74, 6) is -1.35. The van der Waals surface area contributed by atoms with E-state index in [1.165, 1.54) is 19.1 Å². The lowest BCUT2D eigenvalue weighted by Crippen LogP contribution is -2.50. The number of rotatable bonds is 5. The molecule has 0 saturated heterocycles. The molecule has 1 saturated carbocycles. The van der Waals surface area contributed by atoms with Gasteiger partial charge in [-0.2, -0.15) is 0 Å². The Bertz CT molecular complexity index is 572. The van der Waals surface area contributed by atoms with Crippen LogP contribution in [-0.2, 0) is 4.79 Å². The van der Waals surface area contributed by atoms with E-state index >= 15 is 0 Å². The van der Waals surface area contributed by atoms with Crippen molar-refractivity contribution in [3.63, 3.8) is 0 Å². The van der Waals surface area contributed by atoms with Gasteiger partial charge in [0.25, 0.3) is 5.91 Å².